The molecule has 1 amide bonds. The molecule has 1 heterocycles. The largest absolute Gasteiger partial charge is 0.493 e. The molecule has 0 radical (unpaired) electrons. The molecule has 0 spiro atoms. The van der Waals surface area contributed by atoms with E-state index in [9.17, 15) is 4.79 Å². The highest BCUT2D eigenvalue weighted by Crippen LogP contribution is 2.28. The van der Waals surface area contributed by atoms with Crippen LogP contribution in [0.25, 0.3) is 16.3 Å². The Morgan fingerprint density at radius 2 is 1.92 bits per heavy atom. The van der Waals surface area contributed by atoms with Crippen LogP contribution in [0.4, 0.5) is 5.69 Å². The molecule has 6 heteroatoms. The maximum absolute atomic E-state index is 12.1. The van der Waals surface area contributed by atoms with E-state index in [0.717, 1.165) is 26.5 Å². The molecule has 128 valence electrons. The molecule has 0 fully saturated rings. The summed E-state index contributed by atoms with van der Waals surface area (Å²) in [7, 11) is 3.16. The summed E-state index contributed by atoms with van der Waals surface area (Å²) < 4.78 is 11.5. The number of fused-ring (bicyclic) bond motifs is 1. The zero-order chi connectivity index (χ0) is 17.8. The van der Waals surface area contributed by atoms with Crippen molar-refractivity contribution in [3.63, 3.8) is 0 Å². The van der Waals surface area contributed by atoms with Gasteiger partial charge in [-0.15, -0.1) is 11.3 Å². The average molecular weight is 354 g/mol. The highest BCUT2D eigenvalue weighted by Gasteiger charge is 2.05. The molecule has 1 aromatic heterocycles. The lowest BCUT2D eigenvalue weighted by Gasteiger charge is -2.07. The molecule has 5 nitrogen and oxygen atoms in total. The standard InChI is InChI=1S/C19H18N2O3S/c1-12-20-15-7-6-14(11-18(15)25-12)21-19(22)9-5-13-4-8-16(23-2)17(10-13)24-3/h4-11H,1-3H3,(H,21,22). The number of aryl methyl sites for hydroxylation is 1. The molecule has 0 aliphatic carbocycles. The zero-order valence-electron chi connectivity index (χ0n) is 14.2. The van der Waals surface area contributed by atoms with Crippen LogP contribution >= 0.6 is 11.3 Å². The SMILES string of the molecule is COc1ccc(C=CC(=O)Nc2ccc3nc(C)sc3c2)cc1OC. The summed E-state index contributed by atoms with van der Waals surface area (Å²) in [4.78, 5) is 16.5. The first kappa shape index (κ1) is 17.0. The van der Waals surface area contributed by atoms with E-state index in [1.54, 1.807) is 37.7 Å². The lowest BCUT2D eigenvalue weighted by atomic mass is 10.2. The Morgan fingerprint density at radius 1 is 1.12 bits per heavy atom. The Hall–Kier alpha value is -2.86. The van der Waals surface area contributed by atoms with Crippen LogP contribution in [0.3, 0.4) is 0 Å². The van der Waals surface area contributed by atoms with Crippen molar-refractivity contribution in [2.45, 2.75) is 6.92 Å². The van der Waals surface area contributed by atoms with Gasteiger partial charge in [0.25, 0.3) is 0 Å². The molecule has 25 heavy (non-hydrogen) atoms. The first-order valence-electron chi connectivity index (χ1n) is 7.67. The quantitative estimate of drug-likeness (QED) is 0.695. The van der Waals surface area contributed by atoms with Crippen molar-refractivity contribution in [2.75, 3.05) is 19.5 Å². The summed E-state index contributed by atoms with van der Waals surface area (Å²) in [5, 5.41) is 3.87. The molecule has 3 aromatic rings. The molecule has 0 saturated carbocycles. The van der Waals surface area contributed by atoms with Gasteiger partial charge in [0, 0.05) is 11.8 Å². The van der Waals surface area contributed by atoms with Gasteiger partial charge >= 0.3 is 0 Å². The molecule has 0 aliphatic rings. The van der Waals surface area contributed by atoms with E-state index >= 15 is 0 Å². The Morgan fingerprint density at radius 3 is 2.68 bits per heavy atom. The third-order valence-corrected chi connectivity index (χ3v) is 4.53. The first-order chi connectivity index (χ1) is 12.1. The average Bonchev–Trinajstić information content (AvgIpc) is 2.99. The summed E-state index contributed by atoms with van der Waals surface area (Å²) >= 11 is 1.60. The number of aromatic nitrogens is 1. The van der Waals surface area contributed by atoms with E-state index < -0.39 is 0 Å². The van der Waals surface area contributed by atoms with Crippen molar-refractivity contribution < 1.29 is 14.3 Å². The maximum Gasteiger partial charge on any atom is 0.248 e. The molecule has 1 N–H and O–H groups in total. The molecule has 0 unspecified atom stereocenters. The second-order valence-corrected chi connectivity index (χ2v) is 6.59. The fraction of sp³-hybridized carbons (Fsp3) is 0.158. The molecule has 0 atom stereocenters. The van der Waals surface area contributed by atoms with E-state index in [0.29, 0.717) is 11.5 Å². The van der Waals surface area contributed by atoms with Gasteiger partial charge in [-0.25, -0.2) is 4.98 Å². The van der Waals surface area contributed by atoms with Crippen molar-refractivity contribution in [1.82, 2.24) is 4.98 Å². The number of carbonyl (C=O) groups excluding carboxylic acids is 1. The Labute approximate surface area is 149 Å². The number of hydrogen-bond donors (Lipinski definition) is 1. The molecule has 0 saturated heterocycles. The Bertz CT molecular complexity index is 947. The fourth-order valence-electron chi connectivity index (χ4n) is 2.43. The minimum absolute atomic E-state index is 0.199. The number of carbonyl (C=O) groups is 1. The van der Waals surface area contributed by atoms with Crippen molar-refractivity contribution in [1.29, 1.82) is 0 Å². The summed E-state index contributed by atoms with van der Waals surface area (Å²) in [5.41, 5.74) is 2.54. The number of rotatable bonds is 5. The molecule has 3 rings (SSSR count). The lowest BCUT2D eigenvalue weighted by molar-refractivity contribution is -0.111. The van der Waals surface area contributed by atoms with Crippen LogP contribution in [0, 0.1) is 6.92 Å². The number of anilines is 1. The van der Waals surface area contributed by atoms with Crippen LogP contribution in [0.15, 0.2) is 42.5 Å². The number of hydrogen-bond acceptors (Lipinski definition) is 5. The van der Waals surface area contributed by atoms with Gasteiger partial charge in [0.05, 0.1) is 29.4 Å². The van der Waals surface area contributed by atoms with Gasteiger partial charge in [-0.1, -0.05) is 6.07 Å². The van der Waals surface area contributed by atoms with Crippen molar-refractivity contribution in [3.05, 3.63) is 53.0 Å². The Balaban J connectivity index is 1.71. The third-order valence-electron chi connectivity index (χ3n) is 3.60. The van der Waals surface area contributed by atoms with E-state index in [4.69, 9.17) is 9.47 Å². The molecule has 2 aromatic carbocycles. The smallest absolute Gasteiger partial charge is 0.248 e. The van der Waals surface area contributed by atoms with Crippen LogP contribution < -0.4 is 14.8 Å². The minimum Gasteiger partial charge on any atom is -0.493 e. The first-order valence-corrected chi connectivity index (χ1v) is 8.49. The highest BCUT2D eigenvalue weighted by molar-refractivity contribution is 7.18. The Kier molecular flexibility index (Phi) is 5.00. The van der Waals surface area contributed by atoms with Gasteiger partial charge in [0.2, 0.25) is 5.91 Å². The zero-order valence-corrected chi connectivity index (χ0v) is 15.0. The number of methoxy groups -OCH3 is 2. The lowest BCUT2D eigenvalue weighted by Crippen LogP contribution is -2.07. The molecular formula is C19H18N2O3S. The van der Waals surface area contributed by atoms with Gasteiger partial charge in [-0.2, -0.15) is 0 Å². The maximum atomic E-state index is 12.1. The van der Waals surface area contributed by atoms with E-state index in [1.807, 2.05) is 37.3 Å². The van der Waals surface area contributed by atoms with Gasteiger partial charge in [0.1, 0.15) is 0 Å². The summed E-state index contributed by atoms with van der Waals surface area (Å²) in [6, 6.07) is 11.2. The van der Waals surface area contributed by atoms with E-state index in [1.165, 1.54) is 6.08 Å². The third kappa shape index (κ3) is 3.97. The summed E-state index contributed by atoms with van der Waals surface area (Å²) in [6.07, 6.45) is 3.22. The van der Waals surface area contributed by atoms with Crippen LogP contribution in [0.5, 0.6) is 11.5 Å². The van der Waals surface area contributed by atoms with E-state index in [-0.39, 0.29) is 5.91 Å². The summed E-state index contributed by atoms with van der Waals surface area (Å²) in [6.45, 7) is 1.97. The number of nitrogens with one attached hydrogen (secondary N) is 1. The second-order valence-electron chi connectivity index (χ2n) is 5.35. The monoisotopic (exact) mass is 354 g/mol. The molecule has 0 aliphatic heterocycles. The van der Waals surface area contributed by atoms with Crippen molar-refractivity contribution in [3.8, 4) is 11.5 Å². The van der Waals surface area contributed by atoms with Crippen LogP contribution in [-0.2, 0) is 4.79 Å². The molecular weight excluding hydrogens is 336 g/mol. The minimum atomic E-state index is -0.199. The van der Waals surface area contributed by atoms with Gasteiger partial charge in [-0.3, -0.25) is 4.79 Å². The normalized spacial score (nSPS) is 11.0. The number of amides is 1. The van der Waals surface area contributed by atoms with Crippen LogP contribution in [0.1, 0.15) is 10.6 Å². The second kappa shape index (κ2) is 7.36. The van der Waals surface area contributed by atoms with E-state index in [2.05, 4.69) is 10.3 Å². The fourth-order valence-corrected chi connectivity index (χ4v) is 3.30. The summed E-state index contributed by atoms with van der Waals surface area (Å²) in [5.74, 6) is 1.07. The van der Waals surface area contributed by atoms with Gasteiger partial charge < -0.3 is 14.8 Å². The predicted molar refractivity (Wildman–Crippen MR) is 102 cm³/mol. The van der Waals surface area contributed by atoms with Gasteiger partial charge in [-0.05, 0) is 48.9 Å². The van der Waals surface area contributed by atoms with Crippen LogP contribution in [0.2, 0.25) is 0 Å². The topological polar surface area (TPSA) is 60.5 Å². The number of nitrogens with zero attached hydrogens (tertiary/aromatic N) is 1. The number of ether oxygens (including phenoxy) is 2. The number of benzene rings is 2. The van der Waals surface area contributed by atoms with Gasteiger partial charge in [0.15, 0.2) is 11.5 Å². The predicted octanol–water partition coefficient (Wildman–Crippen LogP) is 4.27. The highest BCUT2D eigenvalue weighted by atomic mass is 32.1. The molecule has 0 bridgehead atoms. The number of thiazole rings is 1. The van der Waals surface area contributed by atoms with Crippen molar-refractivity contribution in [2.24, 2.45) is 0 Å². The van der Waals surface area contributed by atoms with Crippen molar-refractivity contribution >= 4 is 39.2 Å². The van der Waals surface area contributed by atoms with Crippen LogP contribution in [-0.4, -0.2) is 25.1 Å².